The monoisotopic (exact) mass is 294 g/mol. The molecule has 0 radical (unpaired) electrons. The summed E-state index contributed by atoms with van der Waals surface area (Å²) in [5.74, 6) is 0.718. The Bertz CT molecular complexity index is 423. The minimum atomic E-state index is -0.549. The van der Waals surface area contributed by atoms with Crippen LogP contribution in [0.4, 0.5) is 4.79 Å². The number of carbonyl (C=O) groups excluding carboxylic acids is 3. The van der Waals surface area contributed by atoms with Gasteiger partial charge >= 0.3 is 6.09 Å². The van der Waals surface area contributed by atoms with E-state index in [1.807, 2.05) is 4.90 Å². The Kier molecular flexibility index (Phi) is 4.12. The van der Waals surface area contributed by atoms with Crippen molar-refractivity contribution in [3.05, 3.63) is 0 Å². The first-order valence-electron chi connectivity index (χ1n) is 7.88. The summed E-state index contributed by atoms with van der Waals surface area (Å²) in [5, 5.41) is 0. The number of imide groups is 1. The number of ether oxygens (including phenoxy) is 1. The first-order chi connectivity index (χ1) is 10.1. The van der Waals surface area contributed by atoms with Crippen LogP contribution in [0.2, 0.25) is 0 Å². The normalized spacial score (nSPS) is 24.2. The Morgan fingerprint density at radius 2 is 1.81 bits per heavy atom. The van der Waals surface area contributed by atoms with Crippen molar-refractivity contribution < 1.29 is 19.1 Å². The van der Waals surface area contributed by atoms with Crippen LogP contribution in [0.1, 0.15) is 38.5 Å². The number of hydrogen-bond donors (Lipinski definition) is 0. The molecule has 0 aromatic heterocycles. The zero-order chi connectivity index (χ0) is 14.8. The predicted molar refractivity (Wildman–Crippen MR) is 74.3 cm³/mol. The number of rotatable bonds is 4. The summed E-state index contributed by atoms with van der Waals surface area (Å²) < 4.78 is 4.68. The van der Waals surface area contributed by atoms with Gasteiger partial charge in [0.15, 0.2) is 6.61 Å². The third kappa shape index (κ3) is 3.19. The second-order valence-corrected chi connectivity index (χ2v) is 6.43. The molecule has 0 unspecified atom stereocenters. The van der Waals surface area contributed by atoms with Gasteiger partial charge in [-0.3, -0.25) is 9.59 Å². The molecule has 3 aliphatic rings. The summed E-state index contributed by atoms with van der Waals surface area (Å²) >= 11 is 0. The lowest BCUT2D eigenvalue weighted by Crippen LogP contribution is -2.54. The van der Waals surface area contributed by atoms with Crippen LogP contribution in [0.5, 0.6) is 0 Å². The van der Waals surface area contributed by atoms with Crippen LogP contribution in [-0.4, -0.2) is 53.9 Å². The summed E-state index contributed by atoms with van der Waals surface area (Å²) in [7, 11) is 0. The average Bonchev–Trinajstić information content (AvgIpc) is 2.74. The van der Waals surface area contributed by atoms with Crippen molar-refractivity contribution in [2.45, 2.75) is 38.5 Å². The molecule has 0 aromatic carbocycles. The van der Waals surface area contributed by atoms with E-state index in [0.717, 1.165) is 4.90 Å². The molecule has 116 valence electrons. The quantitative estimate of drug-likeness (QED) is 0.786. The maximum absolute atomic E-state index is 12.2. The van der Waals surface area contributed by atoms with E-state index < -0.39 is 6.09 Å². The molecule has 0 aromatic rings. The highest BCUT2D eigenvalue weighted by Crippen LogP contribution is 2.28. The minimum absolute atomic E-state index is 0.143. The Morgan fingerprint density at radius 1 is 1.10 bits per heavy atom. The van der Waals surface area contributed by atoms with Crippen LogP contribution >= 0.6 is 0 Å². The Labute approximate surface area is 124 Å². The molecule has 1 aliphatic carbocycles. The van der Waals surface area contributed by atoms with E-state index in [2.05, 4.69) is 4.74 Å². The van der Waals surface area contributed by atoms with Gasteiger partial charge in [-0.1, -0.05) is 19.3 Å². The molecule has 0 spiro atoms. The summed E-state index contributed by atoms with van der Waals surface area (Å²) in [6, 6.07) is 0. The summed E-state index contributed by atoms with van der Waals surface area (Å²) in [5.41, 5.74) is 0. The summed E-state index contributed by atoms with van der Waals surface area (Å²) in [6.07, 6.45) is 6.27. The highest BCUT2D eigenvalue weighted by atomic mass is 16.6. The van der Waals surface area contributed by atoms with Crippen molar-refractivity contribution in [1.29, 1.82) is 0 Å². The molecule has 2 aliphatic heterocycles. The van der Waals surface area contributed by atoms with Crippen molar-refractivity contribution in [3.8, 4) is 0 Å². The first-order valence-corrected chi connectivity index (χ1v) is 7.88. The van der Waals surface area contributed by atoms with Crippen molar-refractivity contribution in [2.75, 3.05) is 26.2 Å². The van der Waals surface area contributed by atoms with E-state index in [4.69, 9.17) is 0 Å². The maximum Gasteiger partial charge on any atom is 0.417 e. The SMILES string of the molecule is O=C(CC1CCCCC1)N1CC(CN2C(=O)COC2=O)C1. The lowest BCUT2D eigenvalue weighted by atomic mass is 9.86. The van der Waals surface area contributed by atoms with Crippen molar-refractivity contribution in [3.63, 3.8) is 0 Å². The third-order valence-electron chi connectivity index (χ3n) is 4.78. The van der Waals surface area contributed by atoms with E-state index >= 15 is 0 Å². The van der Waals surface area contributed by atoms with Gasteiger partial charge in [0.05, 0.1) is 0 Å². The van der Waals surface area contributed by atoms with E-state index in [9.17, 15) is 14.4 Å². The van der Waals surface area contributed by atoms with Crippen LogP contribution in [0, 0.1) is 11.8 Å². The summed E-state index contributed by atoms with van der Waals surface area (Å²) in [4.78, 5) is 37.9. The van der Waals surface area contributed by atoms with E-state index in [-0.39, 0.29) is 24.3 Å². The molecule has 2 saturated heterocycles. The van der Waals surface area contributed by atoms with Gasteiger partial charge in [0.1, 0.15) is 0 Å². The van der Waals surface area contributed by atoms with Gasteiger partial charge in [-0.2, -0.15) is 0 Å². The molecule has 3 rings (SSSR count). The van der Waals surface area contributed by atoms with E-state index in [0.29, 0.717) is 32.0 Å². The van der Waals surface area contributed by atoms with Gasteiger partial charge < -0.3 is 9.64 Å². The number of carbonyl (C=O) groups is 3. The van der Waals surface area contributed by atoms with Crippen molar-refractivity contribution >= 4 is 17.9 Å². The van der Waals surface area contributed by atoms with Gasteiger partial charge in [0.25, 0.3) is 5.91 Å². The van der Waals surface area contributed by atoms with Gasteiger partial charge in [0.2, 0.25) is 5.91 Å². The molecule has 0 bridgehead atoms. The highest BCUT2D eigenvalue weighted by Gasteiger charge is 2.38. The fourth-order valence-corrected chi connectivity index (χ4v) is 3.47. The van der Waals surface area contributed by atoms with Gasteiger partial charge in [-0.25, -0.2) is 9.69 Å². The lowest BCUT2D eigenvalue weighted by Gasteiger charge is -2.41. The first kappa shape index (κ1) is 14.4. The van der Waals surface area contributed by atoms with Crippen LogP contribution in [0.3, 0.4) is 0 Å². The molecular weight excluding hydrogens is 272 g/mol. The van der Waals surface area contributed by atoms with Gasteiger partial charge in [-0.15, -0.1) is 0 Å². The fourth-order valence-electron chi connectivity index (χ4n) is 3.47. The highest BCUT2D eigenvalue weighted by molar-refractivity contribution is 5.97. The molecule has 0 N–H and O–H groups in total. The fraction of sp³-hybridized carbons (Fsp3) is 0.800. The molecule has 21 heavy (non-hydrogen) atoms. The number of likely N-dealkylation sites (tertiary alicyclic amines) is 1. The molecule has 1 saturated carbocycles. The predicted octanol–water partition coefficient (Wildman–Crippen LogP) is 1.39. The van der Waals surface area contributed by atoms with Gasteiger partial charge in [-0.05, 0) is 18.8 Å². The molecule has 3 amide bonds. The Morgan fingerprint density at radius 3 is 2.43 bits per heavy atom. The topological polar surface area (TPSA) is 66.9 Å². The second kappa shape index (κ2) is 6.03. The third-order valence-corrected chi connectivity index (χ3v) is 4.78. The van der Waals surface area contributed by atoms with Crippen LogP contribution < -0.4 is 0 Å². The average molecular weight is 294 g/mol. The van der Waals surface area contributed by atoms with Crippen molar-refractivity contribution in [1.82, 2.24) is 9.80 Å². The number of hydrogen-bond acceptors (Lipinski definition) is 4. The standard InChI is InChI=1S/C15H22N2O4/c18-13(6-11-4-2-1-3-5-11)16-7-12(8-16)9-17-14(19)10-21-15(17)20/h11-12H,1-10H2. The molecular formula is C15H22N2O4. The van der Waals surface area contributed by atoms with E-state index in [1.54, 1.807) is 0 Å². The maximum atomic E-state index is 12.2. The second-order valence-electron chi connectivity index (χ2n) is 6.43. The van der Waals surface area contributed by atoms with Gasteiger partial charge in [0, 0.05) is 32.0 Å². The molecule has 3 fully saturated rings. The van der Waals surface area contributed by atoms with Crippen LogP contribution in [0.25, 0.3) is 0 Å². The molecule has 0 atom stereocenters. The Balaban J connectivity index is 1.39. The van der Waals surface area contributed by atoms with Crippen LogP contribution in [-0.2, 0) is 14.3 Å². The molecule has 6 nitrogen and oxygen atoms in total. The molecule has 2 heterocycles. The van der Waals surface area contributed by atoms with Crippen LogP contribution in [0.15, 0.2) is 0 Å². The summed E-state index contributed by atoms with van der Waals surface area (Å²) in [6.45, 7) is 1.55. The largest absolute Gasteiger partial charge is 0.439 e. The Hall–Kier alpha value is -1.59. The number of nitrogens with zero attached hydrogens (tertiary/aromatic N) is 2. The smallest absolute Gasteiger partial charge is 0.417 e. The molecule has 6 heteroatoms. The lowest BCUT2D eigenvalue weighted by molar-refractivity contribution is -0.139. The number of amides is 3. The minimum Gasteiger partial charge on any atom is -0.439 e. The zero-order valence-corrected chi connectivity index (χ0v) is 12.3. The van der Waals surface area contributed by atoms with Crippen molar-refractivity contribution in [2.24, 2.45) is 11.8 Å². The van der Waals surface area contributed by atoms with E-state index in [1.165, 1.54) is 32.1 Å². The number of cyclic esters (lactones) is 1. The zero-order valence-electron chi connectivity index (χ0n) is 12.3.